The molecule has 9 nitrogen and oxygen atoms in total. The number of H-pyrrole nitrogens is 1. The minimum atomic E-state index is -0.197. The molecule has 1 saturated heterocycles. The van der Waals surface area contributed by atoms with E-state index in [1.54, 1.807) is 4.90 Å². The molecule has 0 aliphatic carbocycles. The van der Waals surface area contributed by atoms with Crippen molar-refractivity contribution in [3.63, 3.8) is 0 Å². The third kappa shape index (κ3) is 4.81. The van der Waals surface area contributed by atoms with Gasteiger partial charge in [0.15, 0.2) is 0 Å². The molecule has 0 saturated carbocycles. The van der Waals surface area contributed by atoms with Gasteiger partial charge < -0.3 is 19.0 Å². The number of rotatable bonds is 7. The lowest BCUT2D eigenvalue weighted by molar-refractivity contribution is -0.148. The minimum absolute atomic E-state index is 0.00495. The molecule has 2 aromatic heterocycles. The average molecular weight is 430 g/mol. The molecule has 0 bridgehead atoms. The summed E-state index contributed by atoms with van der Waals surface area (Å²) in [6.45, 7) is 1.12. The summed E-state index contributed by atoms with van der Waals surface area (Å²) < 4.78 is 10.4. The Labute approximate surface area is 177 Å². The second-order valence-corrected chi connectivity index (χ2v) is 8.06. The van der Waals surface area contributed by atoms with Crippen LogP contribution in [-0.4, -0.2) is 62.9 Å². The van der Waals surface area contributed by atoms with E-state index >= 15 is 0 Å². The second kappa shape index (κ2) is 9.29. The molecule has 0 spiro atoms. The van der Waals surface area contributed by atoms with Crippen LogP contribution in [0.2, 0.25) is 0 Å². The van der Waals surface area contributed by atoms with Crippen LogP contribution in [0.3, 0.4) is 0 Å². The van der Waals surface area contributed by atoms with Gasteiger partial charge in [0.25, 0.3) is 5.22 Å². The molecule has 3 aromatic rings. The lowest BCUT2D eigenvalue weighted by Gasteiger charge is -2.30. The number of amides is 1. The minimum Gasteiger partial charge on any atom is -0.469 e. The van der Waals surface area contributed by atoms with E-state index in [0.717, 1.165) is 16.9 Å². The standard InChI is InChI=1S/C20H23N5O4S/c1-28-19(27)13-8-10-25(11-9-13)18(26)12-30-20-24-23-17(29-20)7-6-16-21-14-4-2-3-5-15(14)22-16/h2-5,13H,6-12H2,1H3,(H,21,22). The van der Waals surface area contributed by atoms with Gasteiger partial charge in [0.05, 0.1) is 29.8 Å². The molecule has 1 amide bonds. The number of ether oxygens (including phenoxy) is 1. The van der Waals surface area contributed by atoms with Crippen molar-refractivity contribution in [2.75, 3.05) is 26.0 Å². The number of methoxy groups -OCH3 is 1. The number of piperidine rings is 1. The van der Waals surface area contributed by atoms with Crippen molar-refractivity contribution in [3.8, 4) is 0 Å². The maximum Gasteiger partial charge on any atom is 0.308 e. The van der Waals surface area contributed by atoms with Gasteiger partial charge in [-0.15, -0.1) is 10.2 Å². The number of hydrogen-bond donors (Lipinski definition) is 1. The fraction of sp³-hybridized carbons (Fsp3) is 0.450. The third-order valence-corrected chi connectivity index (χ3v) is 5.97. The Hall–Kier alpha value is -2.88. The zero-order valence-electron chi connectivity index (χ0n) is 16.7. The summed E-state index contributed by atoms with van der Waals surface area (Å²) in [7, 11) is 1.39. The number of likely N-dealkylation sites (tertiary alicyclic amines) is 1. The Morgan fingerprint density at radius 1 is 1.23 bits per heavy atom. The van der Waals surface area contributed by atoms with E-state index in [-0.39, 0.29) is 23.5 Å². The number of imidazole rings is 1. The van der Waals surface area contributed by atoms with Gasteiger partial charge in [0.1, 0.15) is 5.82 Å². The Morgan fingerprint density at radius 3 is 2.80 bits per heavy atom. The molecule has 0 radical (unpaired) electrons. The van der Waals surface area contributed by atoms with Crippen LogP contribution in [0.25, 0.3) is 11.0 Å². The molecular weight excluding hydrogens is 406 g/mol. The van der Waals surface area contributed by atoms with Crippen molar-refractivity contribution >= 4 is 34.7 Å². The van der Waals surface area contributed by atoms with Crippen LogP contribution in [0, 0.1) is 5.92 Å². The number of benzene rings is 1. The van der Waals surface area contributed by atoms with E-state index in [9.17, 15) is 9.59 Å². The van der Waals surface area contributed by atoms with Crippen LogP contribution < -0.4 is 0 Å². The van der Waals surface area contributed by atoms with Crippen LogP contribution >= 0.6 is 11.8 Å². The fourth-order valence-corrected chi connectivity index (χ4v) is 4.18. The van der Waals surface area contributed by atoms with Crippen LogP contribution in [0.4, 0.5) is 0 Å². The van der Waals surface area contributed by atoms with E-state index in [1.165, 1.54) is 18.9 Å². The highest BCUT2D eigenvalue weighted by molar-refractivity contribution is 7.99. The van der Waals surface area contributed by atoms with Crippen molar-refractivity contribution in [2.45, 2.75) is 30.9 Å². The molecule has 10 heteroatoms. The quantitative estimate of drug-likeness (QED) is 0.449. The number of fused-ring (bicyclic) bond motifs is 1. The predicted octanol–water partition coefficient (Wildman–Crippen LogP) is 2.23. The van der Waals surface area contributed by atoms with Crippen molar-refractivity contribution < 1.29 is 18.7 Å². The second-order valence-electron chi connectivity index (χ2n) is 7.13. The molecule has 30 heavy (non-hydrogen) atoms. The highest BCUT2D eigenvalue weighted by Crippen LogP contribution is 2.22. The third-order valence-electron chi connectivity index (χ3n) is 5.16. The summed E-state index contributed by atoms with van der Waals surface area (Å²) in [6, 6.07) is 7.87. The van der Waals surface area contributed by atoms with Crippen LogP contribution in [-0.2, 0) is 27.2 Å². The molecule has 158 valence electrons. The van der Waals surface area contributed by atoms with Crippen molar-refractivity contribution in [2.24, 2.45) is 5.92 Å². The van der Waals surface area contributed by atoms with Gasteiger partial charge >= 0.3 is 5.97 Å². The highest BCUT2D eigenvalue weighted by atomic mass is 32.2. The van der Waals surface area contributed by atoms with Gasteiger partial charge in [-0.05, 0) is 25.0 Å². The van der Waals surface area contributed by atoms with E-state index in [4.69, 9.17) is 9.15 Å². The SMILES string of the molecule is COC(=O)C1CCN(C(=O)CSc2nnc(CCc3nc4ccccc4[nH]3)o2)CC1. The number of para-hydroxylation sites is 2. The summed E-state index contributed by atoms with van der Waals surface area (Å²) in [5, 5.41) is 8.46. The normalized spacial score (nSPS) is 14.9. The molecular formula is C20H23N5O4S. The van der Waals surface area contributed by atoms with Gasteiger partial charge in [0.2, 0.25) is 11.8 Å². The first kappa shape index (κ1) is 20.4. The van der Waals surface area contributed by atoms with Gasteiger partial charge in [-0.2, -0.15) is 0 Å². The van der Waals surface area contributed by atoms with E-state index in [0.29, 0.717) is 49.9 Å². The largest absolute Gasteiger partial charge is 0.469 e. The fourth-order valence-electron chi connectivity index (χ4n) is 3.49. The van der Waals surface area contributed by atoms with Gasteiger partial charge in [-0.3, -0.25) is 9.59 Å². The van der Waals surface area contributed by atoms with Crippen molar-refractivity contribution in [3.05, 3.63) is 36.0 Å². The van der Waals surface area contributed by atoms with Gasteiger partial charge in [-0.1, -0.05) is 23.9 Å². The smallest absolute Gasteiger partial charge is 0.308 e. The number of hydrogen-bond acceptors (Lipinski definition) is 8. The predicted molar refractivity (Wildman–Crippen MR) is 110 cm³/mol. The summed E-state index contributed by atoms with van der Waals surface area (Å²) in [6.07, 6.45) is 2.50. The van der Waals surface area contributed by atoms with Gasteiger partial charge in [-0.25, -0.2) is 4.98 Å². The number of aromatic nitrogens is 4. The first-order valence-electron chi connectivity index (χ1n) is 9.87. The summed E-state index contributed by atoms with van der Waals surface area (Å²) >= 11 is 1.23. The molecule has 1 fully saturated rings. The zero-order chi connectivity index (χ0) is 20.9. The number of aromatic amines is 1. The maximum absolute atomic E-state index is 12.4. The Kier molecular flexibility index (Phi) is 6.32. The molecule has 1 aliphatic heterocycles. The monoisotopic (exact) mass is 429 g/mol. The van der Waals surface area contributed by atoms with E-state index < -0.39 is 0 Å². The van der Waals surface area contributed by atoms with Crippen molar-refractivity contribution in [1.29, 1.82) is 0 Å². The van der Waals surface area contributed by atoms with Crippen LogP contribution in [0.5, 0.6) is 0 Å². The molecule has 3 heterocycles. The highest BCUT2D eigenvalue weighted by Gasteiger charge is 2.28. The topological polar surface area (TPSA) is 114 Å². The molecule has 1 N–H and O–H groups in total. The van der Waals surface area contributed by atoms with E-state index in [1.807, 2.05) is 24.3 Å². The number of nitrogens with one attached hydrogen (secondary N) is 1. The van der Waals surface area contributed by atoms with Gasteiger partial charge in [0, 0.05) is 25.9 Å². The first-order chi connectivity index (χ1) is 14.6. The Morgan fingerprint density at radius 2 is 2.03 bits per heavy atom. The summed E-state index contributed by atoms with van der Waals surface area (Å²) in [5.41, 5.74) is 1.94. The lowest BCUT2D eigenvalue weighted by Crippen LogP contribution is -2.41. The van der Waals surface area contributed by atoms with Crippen LogP contribution in [0.1, 0.15) is 24.6 Å². The molecule has 1 aliphatic rings. The Bertz CT molecular complexity index is 992. The first-order valence-corrected chi connectivity index (χ1v) is 10.9. The number of esters is 1. The lowest BCUT2D eigenvalue weighted by atomic mass is 9.97. The molecule has 0 atom stereocenters. The maximum atomic E-state index is 12.4. The Balaban J connectivity index is 1.22. The summed E-state index contributed by atoms with van der Waals surface area (Å²) in [4.78, 5) is 33.6. The summed E-state index contributed by atoms with van der Waals surface area (Å²) in [5.74, 6) is 1.31. The van der Waals surface area contributed by atoms with E-state index in [2.05, 4.69) is 20.2 Å². The molecule has 4 rings (SSSR count). The number of aryl methyl sites for hydroxylation is 2. The molecule has 1 aromatic carbocycles. The zero-order valence-corrected chi connectivity index (χ0v) is 17.5. The number of carbonyl (C=O) groups excluding carboxylic acids is 2. The van der Waals surface area contributed by atoms with Crippen molar-refractivity contribution in [1.82, 2.24) is 25.1 Å². The number of thioether (sulfide) groups is 1. The average Bonchev–Trinajstić information content (AvgIpc) is 3.42. The number of carbonyl (C=O) groups is 2. The molecule has 0 unspecified atom stereocenters. The number of nitrogens with zero attached hydrogens (tertiary/aromatic N) is 4. The van der Waals surface area contributed by atoms with Crippen LogP contribution in [0.15, 0.2) is 33.9 Å².